The average molecular weight is 226 g/mol. The second kappa shape index (κ2) is 5.48. The van der Waals surface area contributed by atoms with Crippen molar-refractivity contribution in [1.29, 1.82) is 0 Å². The summed E-state index contributed by atoms with van der Waals surface area (Å²) in [6.45, 7) is 4.84. The summed E-state index contributed by atoms with van der Waals surface area (Å²) in [6.07, 6.45) is 6.67. The molecule has 0 aromatic rings. The number of hydrogen-bond acceptors (Lipinski definition) is 3. The number of nitrogens with zero attached hydrogens (tertiary/aromatic N) is 2. The summed E-state index contributed by atoms with van der Waals surface area (Å²) in [6, 6.07) is 1.72. The molecule has 2 fully saturated rings. The fourth-order valence-electron chi connectivity index (χ4n) is 3.47. The molecule has 94 valence electrons. The molecule has 1 saturated heterocycles. The highest BCUT2D eigenvalue weighted by Crippen LogP contribution is 2.29. The Balaban J connectivity index is 2.09. The third-order valence-corrected chi connectivity index (χ3v) is 4.34. The molecule has 0 aromatic carbocycles. The van der Waals surface area contributed by atoms with Crippen molar-refractivity contribution in [2.45, 2.75) is 57.2 Å². The summed E-state index contributed by atoms with van der Waals surface area (Å²) in [5.74, 6) is 0. The van der Waals surface area contributed by atoms with Gasteiger partial charge in [-0.25, -0.2) is 0 Å². The highest BCUT2D eigenvalue weighted by Gasteiger charge is 2.34. The zero-order valence-electron chi connectivity index (χ0n) is 10.7. The van der Waals surface area contributed by atoms with Crippen LogP contribution in [-0.4, -0.2) is 59.8 Å². The van der Waals surface area contributed by atoms with E-state index in [1.165, 1.54) is 38.6 Å². The van der Waals surface area contributed by atoms with E-state index in [4.69, 9.17) is 0 Å². The van der Waals surface area contributed by atoms with Crippen LogP contribution in [0.25, 0.3) is 0 Å². The minimum absolute atomic E-state index is 0.311. The Bertz CT molecular complexity index is 216. The average Bonchev–Trinajstić information content (AvgIpc) is 2.74. The third kappa shape index (κ3) is 2.58. The van der Waals surface area contributed by atoms with E-state index in [0.29, 0.717) is 18.7 Å². The van der Waals surface area contributed by atoms with Gasteiger partial charge in [-0.1, -0.05) is 12.8 Å². The fourth-order valence-corrected chi connectivity index (χ4v) is 3.47. The maximum Gasteiger partial charge on any atom is 0.0599 e. The lowest BCUT2D eigenvalue weighted by Crippen LogP contribution is -2.50. The van der Waals surface area contributed by atoms with Gasteiger partial charge >= 0.3 is 0 Å². The topological polar surface area (TPSA) is 26.7 Å². The Morgan fingerprint density at radius 1 is 1.19 bits per heavy atom. The molecule has 1 saturated carbocycles. The summed E-state index contributed by atoms with van der Waals surface area (Å²) in [4.78, 5) is 4.99. The quantitative estimate of drug-likeness (QED) is 0.769. The molecule has 1 aliphatic heterocycles. The lowest BCUT2D eigenvalue weighted by atomic mass is 10.1. The minimum Gasteiger partial charge on any atom is -0.395 e. The normalized spacial score (nSPS) is 35.4. The third-order valence-electron chi connectivity index (χ3n) is 4.34. The van der Waals surface area contributed by atoms with Gasteiger partial charge in [-0.05, 0) is 39.8 Å². The van der Waals surface area contributed by atoms with Crippen LogP contribution < -0.4 is 0 Å². The monoisotopic (exact) mass is 226 g/mol. The molecule has 0 aromatic heterocycles. The van der Waals surface area contributed by atoms with Gasteiger partial charge in [0.05, 0.1) is 6.61 Å². The van der Waals surface area contributed by atoms with Crippen molar-refractivity contribution in [1.82, 2.24) is 9.80 Å². The van der Waals surface area contributed by atoms with Gasteiger partial charge < -0.3 is 10.0 Å². The van der Waals surface area contributed by atoms with Gasteiger partial charge in [0, 0.05) is 24.7 Å². The second-order valence-electron chi connectivity index (χ2n) is 5.62. The molecule has 0 bridgehead atoms. The fraction of sp³-hybridized carbons (Fsp3) is 1.00. The number of likely N-dealkylation sites (N-methyl/N-ethyl adjacent to an activating group) is 1. The molecule has 2 unspecified atom stereocenters. The van der Waals surface area contributed by atoms with Crippen LogP contribution in [0.5, 0.6) is 0 Å². The van der Waals surface area contributed by atoms with Crippen molar-refractivity contribution in [2.24, 2.45) is 0 Å². The van der Waals surface area contributed by atoms with Gasteiger partial charge in [-0.3, -0.25) is 4.90 Å². The molecule has 2 rings (SSSR count). The van der Waals surface area contributed by atoms with Crippen LogP contribution in [-0.2, 0) is 0 Å². The standard InChI is InChI=1S/C13H26N2O/c1-11-7-8-14(2)9-13(10-16)15(11)12-5-3-4-6-12/h11-13,16H,3-10H2,1-2H3. The maximum atomic E-state index is 9.61. The second-order valence-corrected chi connectivity index (χ2v) is 5.62. The molecule has 0 radical (unpaired) electrons. The zero-order chi connectivity index (χ0) is 11.5. The van der Waals surface area contributed by atoms with E-state index in [1.807, 2.05) is 0 Å². The summed E-state index contributed by atoms with van der Waals surface area (Å²) < 4.78 is 0. The summed E-state index contributed by atoms with van der Waals surface area (Å²) in [5, 5.41) is 9.61. The minimum atomic E-state index is 0.311. The van der Waals surface area contributed by atoms with Crippen LogP contribution in [0.4, 0.5) is 0 Å². The molecule has 1 N–H and O–H groups in total. The smallest absolute Gasteiger partial charge is 0.0599 e. The van der Waals surface area contributed by atoms with Gasteiger partial charge in [0.1, 0.15) is 0 Å². The van der Waals surface area contributed by atoms with Crippen LogP contribution in [0.2, 0.25) is 0 Å². The van der Waals surface area contributed by atoms with E-state index in [0.717, 1.165) is 12.6 Å². The molecular formula is C13H26N2O. The van der Waals surface area contributed by atoms with Crippen molar-refractivity contribution in [2.75, 3.05) is 26.7 Å². The zero-order valence-corrected chi connectivity index (χ0v) is 10.7. The number of aliphatic hydroxyl groups excluding tert-OH is 1. The van der Waals surface area contributed by atoms with Gasteiger partial charge in [0.25, 0.3) is 0 Å². The SMILES string of the molecule is CC1CCN(C)CC(CO)N1C1CCCC1. The first-order valence-electron chi connectivity index (χ1n) is 6.79. The first-order chi connectivity index (χ1) is 7.72. The first-order valence-corrected chi connectivity index (χ1v) is 6.79. The molecule has 0 amide bonds. The van der Waals surface area contributed by atoms with Crippen LogP contribution in [0.15, 0.2) is 0 Å². The molecule has 16 heavy (non-hydrogen) atoms. The molecule has 2 atom stereocenters. The highest BCUT2D eigenvalue weighted by molar-refractivity contribution is 4.89. The van der Waals surface area contributed by atoms with Crippen LogP contribution in [0, 0.1) is 0 Å². The number of hydrogen-bond donors (Lipinski definition) is 1. The Labute approximate surface area is 99.4 Å². The van der Waals surface area contributed by atoms with Gasteiger partial charge in [-0.2, -0.15) is 0 Å². The van der Waals surface area contributed by atoms with E-state index in [1.54, 1.807) is 0 Å². The molecule has 1 heterocycles. The van der Waals surface area contributed by atoms with E-state index in [-0.39, 0.29) is 0 Å². The van der Waals surface area contributed by atoms with Crippen molar-refractivity contribution in [3.05, 3.63) is 0 Å². The van der Waals surface area contributed by atoms with E-state index in [9.17, 15) is 5.11 Å². The molecule has 0 spiro atoms. The summed E-state index contributed by atoms with van der Waals surface area (Å²) >= 11 is 0. The van der Waals surface area contributed by atoms with Crippen molar-refractivity contribution in [3.63, 3.8) is 0 Å². The predicted octanol–water partition coefficient (Wildman–Crippen LogP) is 1.32. The van der Waals surface area contributed by atoms with Crippen molar-refractivity contribution in [3.8, 4) is 0 Å². The Kier molecular flexibility index (Phi) is 4.22. The first kappa shape index (κ1) is 12.3. The lowest BCUT2D eigenvalue weighted by molar-refractivity contribution is 0.0523. The maximum absolute atomic E-state index is 9.61. The summed E-state index contributed by atoms with van der Waals surface area (Å²) in [5.41, 5.74) is 0. The molecule has 1 aliphatic carbocycles. The molecule has 3 nitrogen and oxygen atoms in total. The Hall–Kier alpha value is -0.120. The van der Waals surface area contributed by atoms with Crippen molar-refractivity contribution < 1.29 is 5.11 Å². The van der Waals surface area contributed by atoms with Crippen molar-refractivity contribution >= 4 is 0 Å². The van der Waals surface area contributed by atoms with Gasteiger partial charge in [-0.15, -0.1) is 0 Å². The Morgan fingerprint density at radius 2 is 1.88 bits per heavy atom. The van der Waals surface area contributed by atoms with E-state index >= 15 is 0 Å². The van der Waals surface area contributed by atoms with Gasteiger partial charge in [0.15, 0.2) is 0 Å². The predicted molar refractivity (Wildman–Crippen MR) is 66.5 cm³/mol. The molecular weight excluding hydrogens is 200 g/mol. The number of rotatable bonds is 2. The van der Waals surface area contributed by atoms with Crippen LogP contribution >= 0.6 is 0 Å². The molecule has 3 heteroatoms. The highest BCUT2D eigenvalue weighted by atomic mass is 16.3. The van der Waals surface area contributed by atoms with E-state index in [2.05, 4.69) is 23.8 Å². The molecule has 2 aliphatic rings. The Morgan fingerprint density at radius 3 is 2.50 bits per heavy atom. The van der Waals surface area contributed by atoms with Crippen LogP contribution in [0.1, 0.15) is 39.0 Å². The van der Waals surface area contributed by atoms with Gasteiger partial charge in [0.2, 0.25) is 0 Å². The van der Waals surface area contributed by atoms with Crippen LogP contribution in [0.3, 0.4) is 0 Å². The largest absolute Gasteiger partial charge is 0.395 e. The number of aliphatic hydroxyl groups is 1. The summed E-state index contributed by atoms with van der Waals surface area (Å²) in [7, 11) is 2.17. The lowest BCUT2D eigenvalue weighted by Gasteiger charge is -2.38. The van der Waals surface area contributed by atoms with E-state index < -0.39 is 0 Å².